The van der Waals surface area contributed by atoms with Gasteiger partial charge in [-0.1, -0.05) is 15.9 Å². The number of halogens is 2. The van der Waals surface area contributed by atoms with Gasteiger partial charge >= 0.3 is 0 Å². The summed E-state index contributed by atoms with van der Waals surface area (Å²) in [6.07, 6.45) is 0. The molecule has 2 heterocycles. The molecule has 1 aromatic carbocycles. The molecule has 0 saturated carbocycles. The maximum absolute atomic E-state index is 5.66. The van der Waals surface area contributed by atoms with Crippen molar-refractivity contribution >= 4 is 48.7 Å². The van der Waals surface area contributed by atoms with E-state index in [1.54, 1.807) is 0 Å². The van der Waals surface area contributed by atoms with Gasteiger partial charge in [0, 0.05) is 20.9 Å². The lowest BCUT2D eigenvalue weighted by molar-refractivity contribution is 0.709. The van der Waals surface area contributed by atoms with Crippen molar-refractivity contribution in [3.8, 4) is 0 Å². The number of nitrogens with zero attached hydrogens (tertiary/aromatic N) is 1. The summed E-state index contributed by atoms with van der Waals surface area (Å²) in [5.74, 6) is 0.506. The number of nitrogens with one attached hydrogen (secondary N) is 2. The smallest absolute Gasteiger partial charge is 0.189 e. The van der Waals surface area contributed by atoms with Gasteiger partial charge in [0.25, 0.3) is 0 Å². The molecule has 1 unspecified atom stereocenters. The van der Waals surface area contributed by atoms with Gasteiger partial charge in [-0.15, -0.1) is 0 Å². The van der Waals surface area contributed by atoms with Crippen molar-refractivity contribution < 1.29 is 0 Å². The maximum atomic E-state index is 5.66. The van der Waals surface area contributed by atoms with E-state index in [1.807, 2.05) is 12.1 Å². The van der Waals surface area contributed by atoms with E-state index in [0.29, 0.717) is 12.5 Å². The molecule has 1 aliphatic rings. The highest BCUT2D eigenvalue weighted by Gasteiger charge is 2.23. The van der Waals surface area contributed by atoms with Gasteiger partial charge < -0.3 is 16.0 Å². The number of benzene rings is 1. The highest BCUT2D eigenvalue weighted by molar-refractivity contribution is 9.10. The van der Waals surface area contributed by atoms with E-state index >= 15 is 0 Å². The second-order valence-electron chi connectivity index (χ2n) is 3.97. The van der Waals surface area contributed by atoms with Crippen molar-refractivity contribution in [1.29, 1.82) is 0 Å². The number of hydrogen-bond acceptors (Lipinski definition) is 3. The summed E-state index contributed by atoms with van der Waals surface area (Å²) < 4.78 is 2.04. The Morgan fingerprint density at radius 3 is 2.88 bits per heavy atom. The predicted molar refractivity (Wildman–Crippen MR) is 76.1 cm³/mol. The highest BCUT2D eigenvalue weighted by atomic mass is 79.9. The average Bonchev–Trinajstić information content (AvgIpc) is 2.81. The molecular formula is C11H10Br2N4. The van der Waals surface area contributed by atoms with Gasteiger partial charge in [-0.05, 0) is 34.1 Å². The fraction of sp³-hybridized carbons (Fsp3) is 0.182. The number of hydrogen-bond donors (Lipinski definition) is 3. The summed E-state index contributed by atoms with van der Waals surface area (Å²) in [6, 6.07) is 6.30. The SMILES string of the molecule is NC1=NCC(c2c(Br)[nH]c3ccc(Br)cc23)N1. The van der Waals surface area contributed by atoms with Crippen molar-refractivity contribution in [2.75, 3.05) is 6.54 Å². The van der Waals surface area contributed by atoms with Crippen LogP contribution in [0.2, 0.25) is 0 Å². The first kappa shape index (κ1) is 11.1. The van der Waals surface area contributed by atoms with Crippen LogP contribution in [0.3, 0.4) is 0 Å². The number of H-pyrrole nitrogens is 1. The van der Waals surface area contributed by atoms with E-state index in [4.69, 9.17) is 5.73 Å². The van der Waals surface area contributed by atoms with Crippen LogP contribution in [0.25, 0.3) is 10.9 Å². The van der Waals surface area contributed by atoms with Crippen molar-refractivity contribution in [1.82, 2.24) is 10.3 Å². The lowest BCUT2D eigenvalue weighted by Crippen LogP contribution is -2.29. The Bertz CT molecular complexity index is 617. The van der Waals surface area contributed by atoms with E-state index in [-0.39, 0.29) is 6.04 Å². The molecule has 1 aromatic heterocycles. The van der Waals surface area contributed by atoms with Gasteiger partial charge in [0.2, 0.25) is 0 Å². The van der Waals surface area contributed by atoms with E-state index in [1.165, 1.54) is 10.9 Å². The van der Waals surface area contributed by atoms with Gasteiger partial charge in [0.1, 0.15) is 0 Å². The fourth-order valence-electron chi connectivity index (χ4n) is 2.12. The average molecular weight is 358 g/mol. The van der Waals surface area contributed by atoms with E-state index in [0.717, 1.165) is 14.6 Å². The van der Waals surface area contributed by atoms with Crippen molar-refractivity contribution in [3.05, 3.63) is 32.8 Å². The molecule has 0 spiro atoms. The first-order valence-corrected chi connectivity index (χ1v) is 6.77. The van der Waals surface area contributed by atoms with Crippen molar-refractivity contribution in [2.45, 2.75) is 6.04 Å². The molecule has 1 aliphatic heterocycles. The van der Waals surface area contributed by atoms with Crippen LogP contribution in [0.1, 0.15) is 11.6 Å². The first-order valence-electron chi connectivity index (χ1n) is 5.18. The Morgan fingerprint density at radius 2 is 2.18 bits per heavy atom. The van der Waals surface area contributed by atoms with Crippen LogP contribution in [-0.4, -0.2) is 17.5 Å². The minimum absolute atomic E-state index is 0.132. The topological polar surface area (TPSA) is 66.2 Å². The predicted octanol–water partition coefficient (Wildman–Crippen LogP) is 2.65. The van der Waals surface area contributed by atoms with Gasteiger partial charge in [-0.2, -0.15) is 0 Å². The zero-order valence-corrected chi connectivity index (χ0v) is 12.0. The van der Waals surface area contributed by atoms with E-state index in [9.17, 15) is 0 Å². The standard InChI is InChI=1S/C11H10Br2N4/c12-5-1-2-7-6(3-5)9(10(13)16-7)8-4-15-11(14)17-8/h1-3,8,16H,4H2,(H3,14,15,17). The van der Waals surface area contributed by atoms with Crippen LogP contribution < -0.4 is 11.1 Å². The zero-order valence-electron chi connectivity index (χ0n) is 8.80. The second-order valence-corrected chi connectivity index (χ2v) is 5.67. The Morgan fingerprint density at radius 1 is 1.35 bits per heavy atom. The number of rotatable bonds is 1. The molecule has 6 heteroatoms. The van der Waals surface area contributed by atoms with Crippen LogP contribution in [0.15, 0.2) is 32.3 Å². The molecule has 0 saturated heterocycles. The molecule has 2 aromatic rings. The Kier molecular flexibility index (Phi) is 2.63. The summed E-state index contributed by atoms with van der Waals surface area (Å²) in [5, 5.41) is 4.35. The molecule has 3 rings (SSSR count). The zero-order chi connectivity index (χ0) is 12.0. The maximum Gasteiger partial charge on any atom is 0.189 e. The third-order valence-electron chi connectivity index (χ3n) is 2.87. The van der Waals surface area contributed by atoms with Gasteiger partial charge in [-0.3, -0.25) is 4.99 Å². The minimum atomic E-state index is 0.132. The number of aromatic amines is 1. The summed E-state index contributed by atoms with van der Waals surface area (Å²) >= 11 is 7.05. The Hall–Kier alpha value is -1.01. The number of fused-ring (bicyclic) bond motifs is 1. The van der Waals surface area contributed by atoms with Gasteiger partial charge in [0.05, 0.1) is 17.2 Å². The van der Waals surface area contributed by atoms with Crippen LogP contribution in [0.4, 0.5) is 0 Å². The van der Waals surface area contributed by atoms with E-state index in [2.05, 4.69) is 53.2 Å². The fourth-order valence-corrected chi connectivity index (χ4v) is 3.18. The third-order valence-corrected chi connectivity index (χ3v) is 3.99. The lowest BCUT2D eigenvalue weighted by Gasteiger charge is -2.10. The molecule has 4 nitrogen and oxygen atoms in total. The quantitative estimate of drug-likeness (QED) is 0.734. The number of nitrogens with two attached hydrogens (primary N) is 1. The van der Waals surface area contributed by atoms with E-state index < -0.39 is 0 Å². The molecular weight excluding hydrogens is 348 g/mol. The Labute approximate surface area is 115 Å². The largest absolute Gasteiger partial charge is 0.370 e. The molecule has 0 radical (unpaired) electrons. The number of guanidine groups is 1. The van der Waals surface area contributed by atoms with Crippen LogP contribution in [0.5, 0.6) is 0 Å². The van der Waals surface area contributed by atoms with Crippen LogP contribution in [-0.2, 0) is 0 Å². The second kappa shape index (κ2) is 4.03. The van der Waals surface area contributed by atoms with Gasteiger partial charge in [-0.25, -0.2) is 0 Å². The van der Waals surface area contributed by atoms with Crippen molar-refractivity contribution in [3.63, 3.8) is 0 Å². The summed E-state index contributed by atoms with van der Waals surface area (Å²) in [4.78, 5) is 7.49. The van der Waals surface area contributed by atoms with Gasteiger partial charge in [0.15, 0.2) is 5.96 Å². The summed E-state index contributed by atoms with van der Waals surface area (Å²) in [5.41, 5.74) is 7.93. The first-order chi connectivity index (χ1) is 8.15. The Balaban J connectivity index is 2.15. The summed E-state index contributed by atoms with van der Waals surface area (Å²) in [7, 11) is 0. The highest BCUT2D eigenvalue weighted by Crippen LogP contribution is 2.34. The molecule has 17 heavy (non-hydrogen) atoms. The molecule has 0 aliphatic carbocycles. The number of aromatic nitrogens is 1. The lowest BCUT2D eigenvalue weighted by atomic mass is 10.1. The molecule has 0 bridgehead atoms. The molecule has 4 N–H and O–H groups in total. The monoisotopic (exact) mass is 356 g/mol. The third kappa shape index (κ3) is 1.85. The summed E-state index contributed by atoms with van der Waals surface area (Å²) in [6.45, 7) is 0.671. The van der Waals surface area contributed by atoms with Crippen LogP contribution in [0, 0.1) is 0 Å². The van der Waals surface area contributed by atoms with Crippen LogP contribution >= 0.6 is 31.9 Å². The normalized spacial score (nSPS) is 19.4. The molecule has 0 fully saturated rings. The van der Waals surface area contributed by atoms with Crippen molar-refractivity contribution in [2.24, 2.45) is 10.7 Å². The molecule has 88 valence electrons. The molecule has 0 amide bonds. The minimum Gasteiger partial charge on any atom is -0.370 e. The number of aliphatic imine (C=N–C) groups is 1. The molecule has 1 atom stereocenters.